The first kappa shape index (κ1) is 12.5. The van der Waals surface area contributed by atoms with Gasteiger partial charge in [-0.05, 0) is 23.8 Å². The van der Waals surface area contributed by atoms with Gasteiger partial charge in [-0.3, -0.25) is 0 Å². The van der Waals surface area contributed by atoms with E-state index in [4.69, 9.17) is 9.47 Å². The van der Waals surface area contributed by atoms with Crippen LogP contribution in [0.3, 0.4) is 0 Å². The van der Waals surface area contributed by atoms with Gasteiger partial charge in [-0.1, -0.05) is 6.92 Å². The maximum atomic E-state index is 10.1. The van der Waals surface area contributed by atoms with Crippen molar-refractivity contribution < 1.29 is 14.6 Å². The van der Waals surface area contributed by atoms with Crippen molar-refractivity contribution in [3.63, 3.8) is 0 Å². The van der Waals surface area contributed by atoms with Crippen LogP contribution in [-0.2, 0) is 4.74 Å². The molecule has 1 rings (SSSR count). The highest BCUT2D eigenvalue weighted by atomic mass is 32.1. The lowest BCUT2D eigenvalue weighted by Gasteiger charge is -2.18. The van der Waals surface area contributed by atoms with Crippen molar-refractivity contribution in [2.24, 2.45) is 5.92 Å². The fraction of sp³-hybridized carbons (Fsp3) is 0.636. The van der Waals surface area contributed by atoms with Crippen LogP contribution in [0, 0.1) is 5.92 Å². The molecule has 2 unspecified atom stereocenters. The van der Waals surface area contributed by atoms with Gasteiger partial charge >= 0.3 is 0 Å². The fourth-order valence-corrected chi connectivity index (χ4v) is 2.39. The number of ether oxygens (including phenoxy) is 2. The molecule has 0 saturated heterocycles. The van der Waals surface area contributed by atoms with Gasteiger partial charge in [0, 0.05) is 13.7 Å². The monoisotopic (exact) mass is 230 g/mol. The molecule has 0 saturated carbocycles. The number of rotatable bonds is 6. The molecule has 0 amide bonds. The van der Waals surface area contributed by atoms with E-state index in [1.807, 2.05) is 18.4 Å². The summed E-state index contributed by atoms with van der Waals surface area (Å²) in [4.78, 5) is 0.904. The number of aliphatic hydroxyl groups excluding tert-OH is 1. The van der Waals surface area contributed by atoms with Crippen molar-refractivity contribution in [3.8, 4) is 5.75 Å². The van der Waals surface area contributed by atoms with Crippen molar-refractivity contribution in [1.29, 1.82) is 0 Å². The van der Waals surface area contributed by atoms with E-state index in [1.54, 1.807) is 14.2 Å². The first-order valence-corrected chi connectivity index (χ1v) is 5.87. The quantitative estimate of drug-likeness (QED) is 0.816. The topological polar surface area (TPSA) is 38.7 Å². The Kier molecular flexibility index (Phi) is 5.08. The highest BCUT2D eigenvalue weighted by molar-refractivity contribution is 7.10. The summed E-state index contributed by atoms with van der Waals surface area (Å²) in [5.41, 5.74) is 0. The SMILES string of the molecule is COCCC(C)C(O)c1sccc1OC. The Morgan fingerprint density at radius 1 is 1.47 bits per heavy atom. The number of hydrogen-bond acceptors (Lipinski definition) is 4. The summed E-state index contributed by atoms with van der Waals surface area (Å²) in [5.74, 6) is 0.953. The van der Waals surface area contributed by atoms with E-state index in [-0.39, 0.29) is 5.92 Å². The second-order valence-electron chi connectivity index (χ2n) is 3.56. The average molecular weight is 230 g/mol. The standard InChI is InChI=1S/C11H18O3S/c1-8(4-6-13-2)10(12)11-9(14-3)5-7-15-11/h5,7-8,10,12H,4,6H2,1-3H3. The third kappa shape index (κ3) is 3.19. The zero-order chi connectivity index (χ0) is 11.3. The Balaban J connectivity index is 2.62. The van der Waals surface area contributed by atoms with Crippen LogP contribution in [0.5, 0.6) is 5.75 Å². The lowest BCUT2D eigenvalue weighted by Crippen LogP contribution is -2.11. The third-order valence-electron chi connectivity index (χ3n) is 2.46. The van der Waals surface area contributed by atoms with Crippen molar-refractivity contribution >= 4 is 11.3 Å². The molecule has 86 valence electrons. The van der Waals surface area contributed by atoms with Crippen LogP contribution in [-0.4, -0.2) is 25.9 Å². The first-order chi connectivity index (χ1) is 7.20. The highest BCUT2D eigenvalue weighted by Crippen LogP contribution is 2.35. The van der Waals surface area contributed by atoms with E-state index in [2.05, 4.69) is 0 Å². The molecule has 1 aromatic heterocycles. The Morgan fingerprint density at radius 2 is 2.20 bits per heavy atom. The van der Waals surface area contributed by atoms with Gasteiger partial charge in [-0.25, -0.2) is 0 Å². The fourth-order valence-electron chi connectivity index (χ4n) is 1.41. The minimum atomic E-state index is -0.463. The molecule has 0 radical (unpaired) electrons. The minimum absolute atomic E-state index is 0.178. The molecule has 0 fully saturated rings. The Hall–Kier alpha value is -0.580. The summed E-state index contributed by atoms with van der Waals surface area (Å²) in [6, 6.07) is 1.88. The maximum absolute atomic E-state index is 10.1. The lowest BCUT2D eigenvalue weighted by molar-refractivity contribution is 0.0893. The van der Waals surface area contributed by atoms with E-state index in [1.165, 1.54) is 11.3 Å². The molecular weight excluding hydrogens is 212 g/mol. The van der Waals surface area contributed by atoms with Crippen molar-refractivity contribution in [2.45, 2.75) is 19.4 Å². The number of thiophene rings is 1. The van der Waals surface area contributed by atoms with E-state index in [9.17, 15) is 5.11 Å². The van der Waals surface area contributed by atoms with Gasteiger partial charge in [-0.15, -0.1) is 11.3 Å². The Bertz CT molecular complexity index is 285. The van der Waals surface area contributed by atoms with Crippen LogP contribution in [0.4, 0.5) is 0 Å². The summed E-state index contributed by atoms with van der Waals surface area (Å²) < 4.78 is 10.2. The summed E-state index contributed by atoms with van der Waals surface area (Å²) in [6.45, 7) is 2.69. The van der Waals surface area contributed by atoms with Crippen LogP contribution in [0.15, 0.2) is 11.4 Å². The summed E-state index contributed by atoms with van der Waals surface area (Å²) in [7, 11) is 3.29. The van der Waals surface area contributed by atoms with Crippen LogP contribution in [0.1, 0.15) is 24.3 Å². The Morgan fingerprint density at radius 3 is 2.80 bits per heavy atom. The highest BCUT2D eigenvalue weighted by Gasteiger charge is 2.20. The van der Waals surface area contributed by atoms with Crippen LogP contribution >= 0.6 is 11.3 Å². The predicted molar refractivity (Wildman–Crippen MR) is 61.5 cm³/mol. The summed E-state index contributed by atoms with van der Waals surface area (Å²) in [5, 5.41) is 12.0. The molecule has 1 N–H and O–H groups in total. The van der Waals surface area contributed by atoms with Crippen molar-refractivity contribution in [3.05, 3.63) is 16.3 Å². The zero-order valence-corrected chi connectivity index (χ0v) is 10.2. The van der Waals surface area contributed by atoms with Gasteiger partial charge < -0.3 is 14.6 Å². The minimum Gasteiger partial charge on any atom is -0.495 e. The van der Waals surface area contributed by atoms with Crippen molar-refractivity contribution in [1.82, 2.24) is 0 Å². The molecule has 0 aliphatic carbocycles. The van der Waals surface area contributed by atoms with Gasteiger partial charge in [0.15, 0.2) is 0 Å². The molecule has 3 nitrogen and oxygen atoms in total. The second kappa shape index (κ2) is 6.10. The molecule has 1 aromatic rings. The third-order valence-corrected chi connectivity index (χ3v) is 3.43. The number of aliphatic hydroxyl groups is 1. The number of methoxy groups -OCH3 is 2. The lowest BCUT2D eigenvalue weighted by atomic mass is 10.00. The van der Waals surface area contributed by atoms with Gasteiger partial charge in [0.2, 0.25) is 0 Å². The molecule has 0 aromatic carbocycles. The molecule has 2 atom stereocenters. The molecule has 0 aliphatic heterocycles. The molecule has 15 heavy (non-hydrogen) atoms. The molecule has 0 aliphatic rings. The molecule has 0 spiro atoms. The van der Waals surface area contributed by atoms with E-state index >= 15 is 0 Å². The van der Waals surface area contributed by atoms with Gasteiger partial charge in [-0.2, -0.15) is 0 Å². The maximum Gasteiger partial charge on any atom is 0.135 e. The molecule has 4 heteroatoms. The van der Waals surface area contributed by atoms with Gasteiger partial charge in [0.1, 0.15) is 5.75 Å². The van der Waals surface area contributed by atoms with Crippen molar-refractivity contribution in [2.75, 3.05) is 20.8 Å². The second-order valence-corrected chi connectivity index (χ2v) is 4.50. The van der Waals surface area contributed by atoms with Crippen LogP contribution < -0.4 is 4.74 Å². The molecule has 1 heterocycles. The number of hydrogen-bond donors (Lipinski definition) is 1. The Labute approximate surface area is 94.6 Å². The summed E-state index contributed by atoms with van der Waals surface area (Å²) >= 11 is 1.53. The van der Waals surface area contributed by atoms with Crippen LogP contribution in [0.2, 0.25) is 0 Å². The first-order valence-electron chi connectivity index (χ1n) is 4.99. The molecule has 0 bridgehead atoms. The van der Waals surface area contributed by atoms with E-state index < -0.39 is 6.10 Å². The average Bonchev–Trinajstić information content (AvgIpc) is 2.72. The van der Waals surface area contributed by atoms with E-state index in [0.29, 0.717) is 6.61 Å². The molecular formula is C11H18O3S. The van der Waals surface area contributed by atoms with Gasteiger partial charge in [0.05, 0.1) is 18.1 Å². The predicted octanol–water partition coefficient (Wildman–Crippen LogP) is 2.46. The smallest absolute Gasteiger partial charge is 0.135 e. The largest absolute Gasteiger partial charge is 0.495 e. The zero-order valence-electron chi connectivity index (χ0n) is 9.40. The summed E-state index contributed by atoms with van der Waals surface area (Å²) in [6.07, 6.45) is 0.383. The normalized spacial score (nSPS) is 14.9. The van der Waals surface area contributed by atoms with E-state index in [0.717, 1.165) is 17.0 Å². The van der Waals surface area contributed by atoms with Gasteiger partial charge in [0.25, 0.3) is 0 Å². The van der Waals surface area contributed by atoms with Crippen LogP contribution in [0.25, 0.3) is 0 Å².